The van der Waals surface area contributed by atoms with E-state index in [9.17, 15) is 14.7 Å². The molecule has 2 rings (SSSR count). The van der Waals surface area contributed by atoms with Crippen LogP contribution in [-0.2, 0) is 9.59 Å². The first-order valence-corrected chi connectivity index (χ1v) is 7.35. The number of halogens is 3. The summed E-state index contributed by atoms with van der Waals surface area (Å²) in [6.07, 6.45) is 2.06. The average Bonchev–Trinajstić information content (AvgIpc) is 2.42. The van der Waals surface area contributed by atoms with Crippen molar-refractivity contribution < 1.29 is 14.7 Å². The van der Waals surface area contributed by atoms with E-state index in [4.69, 9.17) is 34.8 Å². The van der Waals surface area contributed by atoms with Gasteiger partial charge in [-0.15, -0.1) is 0 Å². The molecule has 112 valence electrons. The number of amides is 1. The first-order chi connectivity index (χ1) is 9.88. The predicted molar refractivity (Wildman–Crippen MR) is 82.9 cm³/mol. The van der Waals surface area contributed by atoms with Gasteiger partial charge in [0.15, 0.2) is 0 Å². The van der Waals surface area contributed by atoms with Gasteiger partial charge in [-0.25, -0.2) is 0 Å². The van der Waals surface area contributed by atoms with E-state index >= 15 is 0 Å². The van der Waals surface area contributed by atoms with E-state index < -0.39 is 23.7 Å². The van der Waals surface area contributed by atoms with Gasteiger partial charge in [0.2, 0.25) is 5.91 Å². The van der Waals surface area contributed by atoms with Gasteiger partial charge in [0.05, 0.1) is 22.5 Å². The normalized spacial score (nSPS) is 21.6. The van der Waals surface area contributed by atoms with Crippen LogP contribution < -0.4 is 5.32 Å². The third-order valence-corrected chi connectivity index (χ3v) is 4.21. The fourth-order valence-corrected chi connectivity index (χ4v) is 2.81. The molecule has 0 aliphatic heterocycles. The van der Waals surface area contributed by atoms with Crippen molar-refractivity contribution in [2.24, 2.45) is 11.8 Å². The number of carbonyl (C=O) groups is 2. The Kier molecular flexibility index (Phi) is 5.14. The van der Waals surface area contributed by atoms with Crippen molar-refractivity contribution in [3.8, 4) is 0 Å². The van der Waals surface area contributed by atoms with Crippen LogP contribution in [0.1, 0.15) is 12.8 Å². The van der Waals surface area contributed by atoms with Gasteiger partial charge in [-0.2, -0.15) is 0 Å². The largest absolute Gasteiger partial charge is 0.481 e. The molecule has 2 atom stereocenters. The standard InChI is InChI=1S/C14H12Cl3NO3/c15-7-1-3-9(14(20)21)10(5-7)13(19)18-12-6-8(16)2-4-11(12)17/h1-2,4,6,9-10H,3,5H2,(H,18,19)(H,20,21). The zero-order valence-electron chi connectivity index (χ0n) is 10.8. The fourth-order valence-electron chi connectivity index (χ4n) is 2.22. The Morgan fingerprint density at radius 1 is 1.19 bits per heavy atom. The number of carbonyl (C=O) groups excluding carboxylic acids is 1. The molecule has 1 aliphatic carbocycles. The summed E-state index contributed by atoms with van der Waals surface area (Å²) in [7, 11) is 0. The van der Waals surface area contributed by atoms with Crippen molar-refractivity contribution in [1.82, 2.24) is 0 Å². The molecule has 0 aromatic heterocycles. The van der Waals surface area contributed by atoms with E-state index in [0.29, 0.717) is 20.8 Å². The molecule has 0 saturated heterocycles. The number of aliphatic carboxylic acids is 1. The van der Waals surface area contributed by atoms with Crippen LogP contribution in [0.4, 0.5) is 5.69 Å². The molecule has 1 aromatic rings. The lowest BCUT2D eigenvalue weighted by Gasteiger charge is -2.26. The second-order valence-corrected chi connectivity index (χ2v) is 6.08. The minimum atomic E-state index is -1.02. The Morgan fingerprint density at radius 2 is 1.90 bits per heavy atom. The third-order valence-electron chi connectivity index (χ3n) is 3.33. The van der Waals surface area contributed by atoms with Gasteiger partial charge >= 0.3 is 5.97 Å². The number of hydrogen-bond acceptors (Lipinski definition) is 2. The van der Waals surface area contributed by atoms with E-state index in [0.717, 1.165) is 0 Å². The van der Waals surface area contributed by atoms with Crippen molar-refractivity contribution in [2.45, 2.75) is 12.8 Å². The van der Waals surface area contributed by atoms with Gasteiger partial charge in [0, 0.05) is 10.1 Å². The number of rotatable bonds is 3. The summed E-state index contributed by atoms with van der Waals surface area (Å²) in [6.45, 7) is 0. The number of carboxylic acids is 1. The lowest BCUT2D eigenvalue weighted by molar-refractivity contribution is -0.146. The first-order valence-electron chi connectivity index (χ1n) is 6.21. The Bertz CT molecular complexity index is 615. The van der Waals surface area contributed by atoms with Gasteiger partial charge in [-0.1, -0.05) is 40.9 Å². The molecule has 21 heavy (non-hydrogen) atoms. The SMILES string of the molecule is O=C(O)C1CC=C(Cl)CC1C(=O)Nc1cc(Cl)ccc1Cl. The predicted octanol–water partition coefficient (Wildman–Crippen LogP) is 4.17. The minimum Gasteiger partial charge on any atom is -0.481 e. The maximum absolute atomic E-state index is 12.3. The van der Waals surface area contributed by atoms with E-state index in [1.165, 1.54) is 6.07 Å². The molecule has 0 fully saturated rings. The highest BCUT2D eigenvalue weighted by atomic mass is 35.5. The van der Waals surface area contributed by atoms with Gasteiger partial charge in [-0.05, 0) is 31.0 Å². The molecule has 2 N–H and O–H groups in total. The quantitative estimate of drug-likeness (QED) is 0.861. The summed E-state index contributed by atoms with van der Waals surface area (Å²) in [6, 6.07) is 4.67. The zero-order chi connectivity index (χ0) is 15.6. The van der Waals surface area contributed by atoms with Crippen LogP contribution in [0.25, 0.3) is 0 Å². The van der Waals surface area contributed by atoms with Crippen LogP contribution in [0.5, 0.6) is 0 Å². The van der Waals surface area contributed by atoms with Gasteiger partial charge < -0.3 is 10.4 Å². The molecular weight excluding hydrogens is 337 g/mol. The van der Waals surface area contributed by atoms with Gasteiger partial charge in [0.25, 0.3) is 0 Å². The zero-order valence-corrected chi connectivity index (χ0v) is 13.0. The molecule has 1 aliphatic rings. The number of carboxylic acid groups (broad SMARTS) is 1. The van der Waals surface area contributed by atoms with Crippen molar-refractivity contribution in [2.75, 3.05) is 5.32 Å². The minimum absolute atomic E-state index is 0.197. The monoisotopic (exact) mass is 347 g/mol. The van der Waals surface area contributed by atoms with Crippen LogP contribution in [0.3, 0.4) is 0 Å². The molecule has 1 amide bonds. The molecule has 0 bridgehead atoms. The average molecular weight is 349 g/mol. The third kappa shape index (κ3) is 3.90. The molecule has 2 unspecified atom stereocenters. The van der Waals surface area contributed by atoms with Crippen molar-refractivity contribution in [1.29, 1.82) is 0 Å². The molecule has 7 heteroatoms. The van der Waals surface area contributed by atoms with Crippen LogP contribution >= 0.6 is 34.8 Å². The summed E-state index contributed by atoms with van der Waals surface area (Å²) in [5.41, 5.74) is 0.351. The Labute approximate surface area is 136 Å². The maximum Gasteiger partial charge on any atom is 0.307 e. The summed E-state index contributed by atoms with van der Waals surface area (Å²) in [4.78, 5) is 23.6. The van der Waals surface area contributed by atoms with E-state index in [1.54, 1.807) is 18.2 Å². The molecule has 1 aromatic carbocycles. The fraction of sp³-hybridized carbons (Fsp3) is 0.286. The molecule has 0 saturated carbocycles. The second kappa shape index (κ2) is 6.69. The van der Waals surface area contributed by atoms with Crippen LogP contribution in [0.2, 0.25) is 10.0 Å². The maximum atomic E-state index is 12.3. The number of benzene rings is 1. The smallest absolute Gasteiger partial charge is 0.307 e. The molecule has 4 nitrogen and oxygen atoms in total. The Morgan fingerprint density at radius 3 is 2.57 bits per heavy atom. The summed E-state index contributed by atoms with van der Waals surface area (Å²) < 4.78 is 0. The molecule has 0 radical (unpaired) electrons. The number of nitrogens with one attached hydrogen (secondary N) is 1. The van der Waals surface area contributed by atoms with Crippen molar-refractivity contribution in [3.05, 3.63) is 39.4 Å². The highest BCUT2D eigenvalue weighted by Crippen LogP contribution is 2.34. The number of hydrogen-bond donors (Lipinski definition) is 2. The van der Waals surface area contributed by atoms with Crippen LogP contribution in [-0.4, -0.2) is 17.0 Å². The van der Waals surface area contributed by atoms with Crippen molar-refractivity contribution >= 4 is 52.4 Å². The number of anilines is 1. The Balaban J connectivity index is 2.20. The Hall–Kier alpha value is -1.23. The lowest BCUT2D eigenvalue weighted by atomic mass is 9.82. The van der Waals surface area contributed by atoms with E-state index in [1.807, 2.05) is 0 Å². The van der Waals surface area contributed by atoms with Crippen LogP contribution in [0.15, 0.2) is 29.3 Å². The highest BCUT2D eigenvalue weighted by Gasteiger charge is 2.36. The lowest BCUT2D eigenvalue weighted by Crippen LogP contribution is -2.35. The highest BCUT2D eigenvalue weighted by molar-refractivity contribution is 6.35. The molecule has 0 heterocycles. The number of allylic oxidation sites excluding steroid dienone is 2. The van der Waals surface area contributed by atoms with E-state index in [2.05, 4.69) is 5.32 Å². The summed E-state index contributed by atoms with van der Waals surface area (Å²) in [5, 5.41) is 13.1. The van der Waals surface area contributed by atoms with Crippen molar-refractivity contribution in [3.63, 3.8) is 0 Å². The van der Waals surface area contributed by atoms with Crippen LogP contribution in [0, 0.1) is 11.8 Å². The van der Waals surface area contributed by atoms with Gasteiger partial charge in [0.1, 0.15) is 0 Å². The van der Waals surface area contributed by atoms with Gasteiger partial charge in [-0.3, -0.25) is 9.59 Å². The second-order valence-electron chi connectivity index (χ2n) is 4.76. The molecular formula is C14H12Cl3NO3. The summed E-state index contributed by atoms with van der Waals surface area (Å²) >= 11 is 17.8. The molecule has 0 spiro atoms. The van der Waals surface area contributed by atoms with E-state index in [-0.39, 0.29) is 12.8 Å². The first kappa shape index (κ1) is 16.1. The topological polar surface area (TPSA) is 66.4 Å². The summed E-state index contributed by atoms with van der Waals surface area (Å²) in [5.74, 6) is -2.99.